The highest BCUT2D eigenvalue weighted by Gasteiger charge is 2.23. The fourth-order valence-electron chi connectivity index (χ4n) is 3.95. The minimum atomic E-state index is -0.379. The van der Waals surface area contributed by atoms with Crippen molar-refractivity contribution in [3.8, 4) is 0 Å². The lowest BCUT2D eigenvalue weighted by atomic mass is 10.0. The summed E-state index contributed by atoms with van der Waals surface area (Å²) < 4.78 is 19.7. The molecule has 7 heteroatoms. The molecule has 158 valence electrons. The Balaban J connectivity index is 1.54. The van der Waals surface area contributed by atoms with Gasteiger partial charge in [0.05, 0.1) is 6.04 Å². The van der Waals surface area contributed by atoms with Crippen LogP contribution in [0.2, 0.25) is 0 Å². The van der Waals surface area contributed by atoms with Gasteiger partial charge >= 0.3 is 0 Å². The number of aryl methyl sites for hydroxylation is 1. The quantitative estimate of drug-likeness (QED) is 0.691. The maximum Gasteiger partial charge on any atom is 0.287 e. The monoisotopic (exact) mass is 410 g/mol. The average molecular weight is 410 g/mol. The lowest BCUT2D eigenvalue weighted by molar-refractivity contribution is 0.0914. The van der Waals surface area contributed by atoms with Gasteiger partial charge < -0.3 is 19.5 Å². The molecule has 1 aliphatic rings. The molecular weight excluding hydrogens is 383 g/mol. The SMILES string of the molecule is CCN1CCN(c2ccc(F)cc2C(C)NC(=O)c2cc3nc(C)ccc3o2)CC1. The number of furan rings is 1. The Morgan fingerprint density at radius 2 is 1.97 bits per heavy atom. The summed E-state index contributed by atoms with van der Waals surface area (Å²) in [4.78, 5) is 21.8. The predicted molar refractivity (Wildman–Crippen MR) is 115 cm³/mol. The first kappa shape index (κ1) is 20.3. The topological polar surface area (TPSA) is 61.6 Å². The number of pyridine rings is 1. The Hall–Kier alpha value is -2.93. The number of anilines is 1. The van der Waals surface area contributed by atoms with Crippen LogP contribution in [0.3, 0.4) is 0 Å². The van der Waals surface area contributed by atoms with Gasteiger partial charge in [0, 0.05) is 49.2 Å². The van der Waals surface area contributed by atoms with Crippen LogP contribution in [0.15, 0.2) is 40.8 Å². The molecule has 30 heavy (non-hydrogen) atoms. The van der Waals surface area contributed by atoms with E-state index in [1.807, 2.05) is 26.0 Å². The van der Waals surface area contributed by atoms with Gasteiger partial charge in [-0.05, 0) is 50.7 Å². The van der Waals surface area contributed by atoms with Crippen molar-refractivity contribution < 1.29 is 13.6 Å². The van der Waals surface area contributed by atoms with Crippen LogP contribution in [0, 0.1) is 12.7 Å². The molecule has 1 fully saturated rings. The van der Waals surface area contributed by atoms with Gasteiger partial charge in [0.1, 0.15) is 11.3 Å². The van der Waals surface area contributed by atoms with E-state index in [9.17, 15) is 9.18 Å². The Labute approximate surface area is 175 Å². The molecule has 1 unspecified atom stereocenters. The third-order valence-electron chi connectivity index (χ3n) is 5.70. The summed E-state index contributed by atoms with van der Waals surface area (Å²) >= 11 is 0. The number of piperazine rings is 1. The fraction of sp³-hybridized carbons (Fsp3) is 0.391. The molecule has 1 amide bonds. The minimum absolute atomic E-state index is 0.199. The molecule has 1 atom stereocenters. The minimum Gasteiger partial charge on any atom is -0.449 e. The molecule has 0 saturated carbocycles. The van der Waals surface area contributed by atoms with Gasteiger partial charge in [-0.2, -0.15) is 0 Å². The molecule has 3 heterocycles. The van der Waals surface area contributed by atoms with Gasteiger partial charge in [-0.15, -0.1) is 0 Å². The van der Waals surface area contributed by atoms with Gasteiger partial charge in [0.25, 0.3) is 5.91 Å². The lowest BCUT2D eigenvalue weighted by Crippen LogP contribution is -2.46. The van der Waals surface area contributed by atoms with Crippen LogP contribution < -0.4 is 10.2 Å². The van der Waals surface area contributed by atoms with E-state index in [1.54, 1.807) is 12.1 Å². The number of likely N-dealkylation sites (N-methyl/N-ethyl adjacent to an activating group) is 1. The highest BCUT2D eigenvalue weighted by atomic mass is 19.1. The van der Waals surface area contributed by atoms with Gasteiger partial charge in [-0.25, -0.2) is 9.37 Å². The van der Waals surface area contributed by atoms with E-state index in [0.717, 1.165) is 49.7 Å². The summed E-state index contributed by atoms with van der Waals surface area (Å²) in [5, 5.41) is 2.95. The first-order valence-electron chi connectivity index (χ1n) is 10.4. The maximum absolute atomic E-state index is 14.1. The first-order valence-corrected chi connectivity index (χ1v) is 10.4. The number of aromatic nitrogens is 1. The zero-order valence-electron chi connectivity index (χ0n) is 17.6. The van der Waals surface area contributed by atoms with E-state index in [0.29, 0.717) is 11.1 Å². The van der Waals surface area contributed by atoms with Crippen LogP contribution in [0.1, 0.15) is 41.7 Å². The largest absolute Gasteiger partial charge is 0.449 e. The van der Waals surface area contributed by atoms with Gasteiger partial charge in [0.15, 0.2) is 11.3 Å². The van der Waals surface area contributed by atoms with Crippen molar-refractivity contribution in [2.75, 3.05) is 37.6 Å². The predicted octanol–water partition coefficient (Wildman–Crippen LogP) is 3.91. The van der Waals surface area contributed by atoms with Crippen LogP contribution in [0.5, 0.6) is 0 Å². The highest BCUT2D eigenvalue weighted by Crippen LogP contribution is 2.29. The van der Waals surface area contributed by atoms with Gasteiger partial charge in [0.2, 0.25) is 0 Å². The average Bonchev–Trinajstić information content (AvgIpc) is 3.17. The number of benzene rings is 1. The third kappa shape index (κ3) is 4.16. The second-order valence-electron chi connectivity index (χ2n) is 7.77. The number of hydrogen-bond acceptors (Lipinski definition) is 5. The molecule has 1 N–H and O–H groups in total. The van der Waals surface area contributed by atoms with E-state index in [1.165, 1.54) is 12.1 Å². The van der Waals surface area contributed by atoms with Crippen molar-refractivity contribution in [3.05, 3.63) is 59.2 Å². The molecule has 4 rings (SSSR count). The molecule has 0 bridgehead atoms. The molecule has 1 saturated heterocycles. The normalized spacial score (nSPS) is 16.1. The molecule has 3 aromatic rings. The van der Waals surface area contributed by atoms with Crippen molar-refractivity contribution >= 4 is 22.7 Å². The van der Waals surface area contributed by atoms with Crippen LogP contribution in [0.4, 0.5) is 10.1 Å². The molecule has 0 spiro atoms. The third-order valence-corrected chi connectivity index (χ3v) is 5.70. The van der Waals surface area contributed by atoms with Crippen LogP contribution in [-0.2, 0) is 0 Å². The number of nitrogens with one attached hydrogen (secondary N) is 1. The van der Waals surface area contributed by atoms with E-state index in [2.05, 4.69) is 27.0 Å². The van der Waals surface area contributed by atoms with E-state index in [4.69, 9.17) is 4.42 Å². The Kier molecular flexibility index (Phi) is 5.72. The van der Waals surface area contributed by atoms with Gasteiger partial charge in [-0.1, -0.05) is 6.92 Å². The number of amides is 1. The van der Waals surface area contributed by atoms with E-state index < -0.39 is 0 Å². The fourth-order valence-corrected chi connectivity index (χ4v) is 3.95. The summed E-state index contributed by atoms with van der Waals surface area (Å²) in [6.07, 6.45) is 0. The van der Waals surface area contributed by atoms with Crippen molar-refractivity contribution in [2.24, 2.45) is 0 Å². The Morgan fingerprint density at radius 1 is 1.20 bits per heavy atom. The molecule has 1 aliphatic heterocycles. The number of fused-ring (bicyclic) bond motifs is 1. The van der Waals surface area contributed by atoms with Crippen molar-refractivity contribution in [2.45, 2.75) is 26.8 Å². The smallest absolute Gasteiger partial charge is 0.287 e. The number of rotatable bonds is 5. The molecule has 2 aromatic heterocycles. The number of hydrogen-bond donors (Lipinski definition) is 1. The standard InChI is InChI=1S/C23H27FN4O2/c1-4-27-9-11-28(12-10-27)20-7-6-17(24)13-18(20)16(3)26-23(29)22-14-19-21(30-22)8-5-15(2)25-19/h5-8,13-14,16H,4,9-12H2,1-3H3,(H,26,29). The second-order valence-corrected chi connectivity index (χ2v) is 7.77. The maximum atomic E-state index is 14.1. The zero-order chi connectivity index (χ0) is 21.3. The highest BCUT2D eigenvalue weighted by molar-refractivity contribution is 5.95. The summed E-state index contributed by atoms with van der Waals surface area (Å²) in [6.45, 7) is 10.6. The van der Waals surface area contributed by atoms with Gasteiger partial charge in [-0.3, -0.25) is 4.79 Å². The van der Waals surface area contributed by atoms with E-state index in [-0.39, 0.29) is 23.5 Å². The zero-order valence-corrected chi connectivity index (χ0v) is 17.6. The summed E-state index contributed by atoms with van der Waals surface area (Å²) in [7, 11) is 0. The summed E-state index contributed by atoms with van der Waals surface area (Å²) in [6, 6.07) is 9.70. The summed E-state index contributed by atoms with van der Waals surface area (Å²) in [5.74, 6) is -0.459. The van der Waals surface area contributed by atoms with E-state index >= 15 is 0 Å². The first-order chi connectivity index (χ1) is 14.4. The number of nitrogens with zero attached hydrogens (tertiary/aromatic N) is 3. The number of carbonyl (C=O) groups is 1. The van der Waals surface area contributed by atoms with Crippen LogP contribution in [-0.4, -0.2) is 48.5 Å². The van der Waals surface area contributed by atoms with Crippen molar-refractivity contribution in [1.82, 2.24) is 15.2 Å². The summed E-state index contributed by atoms with van der Waals surface area (Å²) in [5.41, 5.74) is 3.79. The Bertz CT molecular complexity index is 1060. The van der Waals surface area contributed by atoms with Crippen LogP contribution in [0.25, 0.3) is 11.1 Å². The number of halogens is 1. The molecule has 1 aromatic carbocycles. The van der Waals surface area contributed by atoms with Crippen LogP contribution >= 0.6 is 0 Å². The second kappa shape index (κ2) is 8.44. The van der Waals surface area contributed by atoms with Crippen molar-refractivity contribution in [1.29, 1.82) is 0 Å². The Morgan fingerprint density at radius 3 is 2.70 bits per heavy atom. The molecule has 0 radical (unpaired) electrons. The lowest BCUT2D eigenvalue weighted by Gasteiger charge is -2.37. The van der Waals surface area contributed by atoms with Crippen molar-refractivity contribution in [3.63, 3.8) is 0 Å². The molecule has 6 nitrogen and oxygen atoms in total. The number of carbonyl (C=O) groups excluding carboxylic acids is 1. The molecular formula is C23H27FN4O2. The molecule has 0 aliphatic carbocycles.